The zero-order chi connectivity index (χ0) is 21.0. The van der Waals surface area contributed by atoms with Crippen LogP contribution in [0, 0.1) is 17.6 Å². The summed E-state index contributed by atoms with van der Waals surface area (Å²) in [5, 5.41) is 0. The van der Waals surface area contributed by atoms with Crippen molar-refractivity contribution in [3.05, 3.63) is 70.3 Å². The summed E-state index contributed by atoms with van der Waals surface area (Å²) in [4.78, 5) is -3.72. The molecule has 0 aliphatic heterocycles. The predicted molar refractivity (Wildman–Crippen MR) is 113 cm³/mol. The van der Waals surface area contributed by atoms with Crippen molar-refractivity contribution in [3.8, 4) is 0 Å². The second-order valence-corrected chi connectivity index (χ2v) is 9.18. The van der Waals surface area contributed by atoms with Crippen molar-refractivity contribution in [3.63, 3.8) is 0 Å². The summed E-state index contributed by atoms with van der Waals surface area (Å²) in [5.41, 5.74) is 1.58. The Morgan fingerprint density at radius 1 is 0.897 bits per heavy atom. The van der Waals surface area contributed by atoms with E-state index in [2.05, 4.69) is 31.2 Å². The molecule has 1 aliphatic carbocycles. The van der Waals surface area contributed by atoms with Crippen LogP contribution in [-0.4, -0.2) is 0 Å². The third-order valence-corrected chi connectivity index (χ3v) is 6.48. The van der Waals surface area contributed by atoms with Crippen LogP contribution in [0.25, 0.3) is 0 Å². The van der Waals surface area contributed by atoms with Crippen molar-refractivity contribution in [2.75, 3.05) is 0 Å². The Balaban J connectivity index is 1.58. The molecular weight excluding hydrogens is 444 g/mol. The average Bonchev–Trinajstić information content (AvgIpc) is 2.66. The fourth-order valence-corrected chi connectivity index (χ4v) is 4.86. The highest BCUT2D eigenvalue weighted by atomic mass is 79.9. The van der Waals surface area contributed by atoms with E-state index in [4.69, 9.17) is 0 Å². The lowest BCUT2D eigenvalue weighted by molar-refractivity contribution is 0.105. The molecule has 5 heteroatoms. The van der Waals surface area contributed by atoms with Gasteiger partial charge < -0.3 is 0 Å². The molecule has 0 amide bonds. The third kappa shape index (κ3) is 5.84. The number of hydrogen-bond donors (Lipinski definition) is 0. The smallest absolute Gasteiger partial charge is 0.206 e. The second-order valence-electron chi connectivity index (χ2n) is 8.18. The maximum absolute atomic E-state index is 13.9. The van der Waals surface area contributed by atoms with Crippen LogP contribution >= 0.6 is 15.9 Å². The van der Waals surface area contributed by atoms with Gasteiger partial charge >= 0.3 is 4.83 Å². The Kier molecular flexibility index (Phi) is 7.42. The minimum absolute atomic E-state index is 0.374. The third-order valence-electron chi connectivity index (χ3n) is 6.08. The predicted octanol–water partition coefficient (Wildman–Crippen LogP) is 8.27. The molecule has 0 nitrogen and oxygen atoms in total. The van der Waals surface area contributed by atoms with Gasteiger partial charge in [-0.15, -0.1) is 0 Å². The lowest BCUT2D eigenvalue weighted by Crippen LogP contribution is -2.13. The van der Waals surface area contributed by atoms with E-state index < -0.39 is 22.0 Å². The van der Waals surface area contributed by atoms with Crippen LogP contribution in [0.3, 0.4) is 0 Å². The van der Waals surface area contributed by atoms with Crippen LogP contribution < -0.4 is 0 Å². The SMILES string of the molecule is CCCC1CCC(c2ccc(CCc3cc(F)c(C(F)(F)Br)c(F)c3)cc2)CC1. The minimum atomic E-state index is -3.72. The molecule has 158 valence electrons. The molecule has 0 heterocycles. The number of hydrogen-bond acceptors (Lipinski definition) is 0. The standard InChI is InChI=1S/C24H27BrF4/c1-2-3-16-6-10-19(11-7-16)20-12-8-17(9-13-20)4-5-18-14-21(26)23(22(27)15-18)24(25,28)29/h8-9,12-16,19H,2-7,10-11H2,1H3. The van der Waals surface area contributed by atoms with Gasteiger partial charge in [-0.05, 0) is 95.1 Å². The first kappa shape index (κ1) is 22.3. The van der Waals surface area contributed by atoms with Crippen LogP contribution in [-0.2, 0) is 17.7 Å². The zero-order valence-electron chi connectivity index (χ0n) is 16.7. The molecule has 1 aliphatic rings. The van der Waals surface area contributed by atoms with E-state index in [1.807, 2.05) is 15.9 Å². The molecule has 0 saturated heterocycles. The summed E-state index contributed by atoms with van der Waals surface area (Å²) >= 11 is 2.03. The Bertz CT molecular complexity index is 780. The fraction of sp³-hybridized carbons (Fsp3) is 0.500. The van der Waals surface area contributed by atoms with Gasteiger partial charge in [0, 0.05) is 0 Å². The first-order valence-electron chi connectivity index (χ1n) is 10.4. The monoisotopic (exact) mass is 470 g/mol. The molecule has 2 aromatic rings. The van der Waals surface area contributed by atoms with E-state index in [0.29, 0.717) is 24.3 Å². The van der Waals surface area contributed by atoms with Gasteiger partial charge in [0.2, 0.25) is 0 Å². The number of rotatable bonds is 7. The van der Waals surface area contributed by atoms with Crippen molar-refractivity contribution in [2.45, 2.75) is 69.0 Å². The van der Waals surface area contributed by atoms with Crippen LogP contribution in [0.5, 0.6) is 0 Å². The molecule has 1 saturated carbocycles. The van der Waals surface area contributed by atoms with Crippen LogP contribution in [0.2, 0.25) is 0 Å². The van der Waals surface area contributed by atoms with Crippen molar-refractivity contribution in [1.82, 2.24) is 0 Å². The summed E-state index contributed by atoms with van der Waals surface area (Å²) in [6.45, 7) is 2.25. The van der Waals surface area contributed by atoms with E-state index in [1.54, 1.807) is 0 Å². The van der Waals surface area contributed by atoms with Crippen molar-refractivity contribution in [1.29, 1.82) is 0 Å². The zero-order valence-corrected chi connectivity index (χ0v) is 18.3. The maximum atomic E-state index is 13.9. The number of alkyl halides is 3. The van der Waals surface area contributed by atoms with E-state index in [-0.39, 0.29) is 0 Å². The van der Waals surface area contributed by atoms with Gasteiger partial charge in [0.05, 0.1) is 0 Å². The molecular formula is C24H27BrF4. The number of aryl methyl sites for hydroxylation is 2. The summed E-state index contributed by atoms with van der Waals surface area (Å²) in [5.74, 6) is -0.946. The molecule has 0 bridgehead atoms. The van der Waals surface area contributed by atoms with Crippen molar-refractivity contribution in [2.24, 2.45) is 5.92 Å². The van der Waals surface area contributed by atoms with Gasteiger partial charge in [0.25, 0.3) is 0 Å². The lowest BCUT2D eigenvalue weighted by Gasteiger charge is -2.28. The molecule has 0 aromatic heterocycles. The van der Waals surface area contributed by atoms with Crippen molar-refractivity contribution < 1.29 is 17.6 Å². The largest absolute Gasteiger partial charge is 0.332 e. The topological polar surface area (TPSA) is 0 Å². The normalized spacial score (nSPS) is 20.1. The van der Waals surface area contributed by atoms with Gasteiger partial charge in [-0.25, -0.2) is 8.78 Å². The van der Waals surface area contributed by atoms with Crippen LogP contribution in [0.1, 0.15) is 73.6 Å². The van der Waals surface area contributed by atoms with Crippen molar-refractivity contribution >= 4 is 15.9 Å². The first-order valence-corrected chi connectivity index (χ1v) is 11.2. The van der Waals surface area contributed by atoms with Gasteiger partial charge in [0.1, 0.15) is 17.2 Å². The first-order chi connectivity index (χ1) is 13.8. The molecule has 0 atom stereocenters. The molecule has 0 N–H and O–H groups in total. The minimum Gasteiger partial charge on any atom is -0.206 e. The molecule has 0 radical (unpaired) electrons. The molecule has 2 aromatic carbocycles. The van der Waals surface area contributed by atoms with Crippen LogP contribution in [0.4, 0.5) is 17.6 Å². The van der Waals surface area contributed by atoms with Gasteiger partial charge in [-0.3, -0.25) is 0 Å². The Morgan fingerprint density at radius 3 is 1.97 bits per heavy atom. The quantitative estimate of drug-likeness (QED) is 0.282. The lowest BCUT2D eigenvalue weighted by atomic mass is 9.77. The van der Waals surface area contributed by atoms with E-state index in [0.717, 1.165) is 23.6 Å². The Morgan fingerprint density at radius 2 is 1.45 bits per heavy atom. The molecule has 0 spiro atoms. The molecule has 29 heavy (non-hydrogen) atoms. The Hall–Kier alpha value is -1.36. The molecule has 3 rings (SSSR count). The molecule has 0 unspecified atom stereocenters. The summed E-state index contributed by atoms with van der Waals surface area (Å²) in [6, 6.07) is 10.5. The highest BCUT2D eigenvalue weighted by molar-refractivity contribution is 9.09. The number of halogens is 5. The van der Waals surface area contributed by atoms with Gasteiger partial charge in [0.15, 0.2) is 0 Å². The maximum Gasteiger partial charge on any atom is 0.332 e. The average molecular weight is 471 g/mol. The van der Waals surface area contributed by atoms with Crippen LogP contribution in [0.15, 0.2) is 36.4 Å². The summed E-state index contributed by atoms with van der Waals surface area (Å²) < 4.78 is 54.3. The highest BCUT2D eigenvalue weighted by Gasteiger charge is 2.34. The van der Waals surface area contributed by atoms with E-state index >= 15 is 0 Å². The second kappa shape index (κ2) is 9.63. The van der Waals surface area contributed by atoms with E-state index in [9.17, 15) is 17.6 Å². The summed E-state index contributed by atoms with van der Waals surface area (Å²) in [6.07, 6.45) is 8.69. The molecule has 1 fully saturated rings. The highest BCUT2D eigenvalue weighted by Crippen LogP contribution is 2.39. The summed E-state index contributed by atoms with van der Waals surface area (Å²) in [7, 11) is 0. The van der Waals surface area contributed by atoms with Gasteiger partial charge in [-0.2, -0.15) is 8.78 Å². The Labute approximate surface area is 178 Å². The van der Waals surface area contributed by atoms with Gasteiger partial charge in [-0.1, -0.05) is 44.0 Å². The number of benzene rings is 2. The fourth-order valence-electron chi connectivity index (χ4n) is 4.48. The van der Waals surface area contributed by atoms with E-state index in [1.165, 1.54) is 44.1 Å².